The highest BCUT2D eigenvalue weighted by Crippen LogP contribution is 2.45. The van der Waals surface area contributed by atoms with Crippen molar-refractivity contribution in [3.63, 3.8) is 0 Å². The van der Waals surface area contributed by atoms with Crippen molar-refractivity contribution in [1.29, 1.82) is 0 Å². The van der Waals surface area contributed by atoms with Crippen LogP contribution >= 0.6 is 0 Å². The molecule has 0 aromatic carbocycles. The number of aromatic nitrogens is 1. The molecule has 0 aliphatic carbocycles. The molecule has 4 heteroatoms. The van der Waals surface area contributed by atoms with Gasteiger partial charge in [-0.15, -0.1) is 0 Å². The number of fused-ring (bicyclic) bond motifs is 3. The van der Waals surface area contributed by atoms with E-state index in [0.29, 0.717) is 23.9 Å². The van der Waals surface area contributed by atoms with Crippen molar-refractivity contribution >= 4 is 12.0 Å². The molecule has 0 spiro atoms. The van der Waals surface area contributed by atoms with Gasteiger partial charge in [-0.05, 0) is 44.0 Å². The van der Waals surface area contributed by atoms with Crippen LogP contribution in [-0.2, 0) is 4.79 Å². The van der Waals surface area contributed by atoms with Gasteiger partial charge in [-0.2, -0.15) is 0 Å². The lowest BCUT2D eigenvalue weighted by Gasteiger charge is -2.35. The van der Waals surface area contributed by atoms with Crippen molar-refractivity contribution in [2.24, 2.45) is 11.8 Å². The number of carbonyl (C=O) groups is 1. The molecule has 3 saturated heterocycles. The summed E-state index contributed by atoms with van der Waals surface area (Å²) in [5.74, 6) is 1.01. The predicted octanol–water partition coefficient (Wildman–Crippen LogP) is 2.34. The molecule has 4 atom stereocenters. The number of rotatable bonds is 2. The fourth-order valence-electron chi connectivity index (χ4n) is 4.74. The number of aryl methyl sites for hydroxylation is 1. The third-order valence-electron chi connectivity index (χ3n) is 5.83. The highest BCUT2D eigenvalue weighted by Gasteiger charge is 2.55. The van der Waals surface area contributed by atoms with E-state index in [1.807, 2.05) is 18.1 Å². The molecule has 4 rings (SSSR count). The van der Waals surface area contributed by atoms with Gasteiger partial charge in [0.15, 0.2) is 0 Å². The van der Waals surface area contributed by atoms with Crippen LogP contribution in [0.15, 0.2) is 24.4 Å². The minimum atomic E-state index is 0.209. The molecule has 1 aromatic rings. The number of nitrogens with zero attached hydrogens (tertiary/aromatic N) is 3. The summed E-state index contributed by atoms with van der Waals surface area (Å²) in [6.07, 6.45) is 10.0. The Kier molecular flexibility index (Phi) is 3.72. The average molecular weight is 311 g/mol. The van der Waals surface area contributed by atoms with E-state index in [1.165, 1.54) is 24.8 Å². The summed E-state index contributed by atoms with van der Waals surface area (Å²) >= 11 is 0. The van der Waals surface area contributed by atoms with Crippen molar-refractivity contribution in [3.8, 4) is 0 Å². The van der Waals surface area contributed by atoms with Crippen LogP contribution in [0.1, 0.15) is 30.5 Å². The Balaban J connectivity index is 1.61. The van der Waals surface area contributed by atoms with Crippen LogP contribution in [-0.4, -0.2) is 52.9 Å². The number of hydrogen-bond acceptors (Lipinski definition) is 3. The number of amides is 1. The van der Waals surface area contributed by atoms with Gasteiger partial charge in [0.1, 0.15) is 0 Å². The van der Waals surface area contributed by atoms with Gasteiger partial charge in [-0.3, -0.25) is 14.7 Å². The van der Waals surface area contributed by atoms with E-state index < -0.39 is 0 Å². The number of hydrogen-bond donors (Lipinski definition) is 0. The maximum Gasteiger partial charge on any atom is 0.227 e. The Labute approximate surface area is 138 Å². The molecular weight excluding hydrogens is 286 g/mol. The summed E-state index contributed by atoms with van der Waals surface area (Å²) in [5.41, 5.74) is 2.19. The fraction of sp³-hybridized carbons (Fsp3) is 0.579. The number of pyridine rings is 1. The van der Waals surface area contributed by atoms with Crippen LogP contribution in [0.3, 0.4) is 0 Å². The number of likely N-dealkylation sites (tertiary alicyclic amines) is 1. The molecule has 4 nitrogen and oxygen atoms in total. The zero-order chi connectivity index (χ0) is 16.0. The maximum absolute atomic E-state index is 12.6. The van der Waals surface area contributed by atoms with E-state index in [0.717, 1.165) is 18.8 Å². The average Bonchev–Trinajstić information content (AvgIpc) is 3.02. The minimum Gasteiger partial charge on any atom is -0.345 e. The smallest absolute Gasteiger partial charge is 0.227 e. The SMILES string of the molecule is Cc1ccc(C=CC2C3CN(C)C(=O)C3C3CCCCN23)nc1. The Morgan fingerprint density at radius 3 is 2.96 bits per heavy atom. The highest BCUT2D eigenvalue weighted by atomic mass is 16.2. The van der Waals surface area contributed by atoms with Crippen LogP contribution < -0.4 is 0 Å². The summed E-state index contributed by atoms with van der Waals surface area (Å²) in [5, 5.41) is 0. The molecule has 3 aliphatic rings. The van der Waals surface area contributed by atoms with E-state index in [9.17, 15) is 4.79 Å². The first-order chi connectivity index (χ1) is 11.1. The van der Waals surface area contributed by atoms with Gasteiger partial charge in [0.2, 0.25) is 5.91 Å². The molecular formula is C19H25N3O. The maximum atomic E-state index is 12.6. The third-order valence-corrected chi connectivity index (χ3v) is 5.83. The second-order valence-corrected chi connectivity index (χ2v) is 7.32. The van der Waals surface area contributed by atoms with Gasteiger partial charge in [-0.25, -0.2) is 0 Å². The van der Waals surface area contributed by atoms with E-state index in [2.05, 4.69) is 41.1 Å². The summed E-state index contributed by atoms with van der Waals surface area (Å²) in [6, 6.07) is 4.99. The molecule has 122 valence electrons. The first-order valence-corrected chi connectivity index (χ1v) is 8.77. The molecule has 0 saturated carbocycles. The van der Waals surface area contributed by atoms with E-state index in [4.69, 9.17) is 0 Å². The lowest BCUT2D eigenvalue weighted by molar-refractivity contribution is -0.131. The Morgan fingerprint density at radius 1 is 1.30 bits per heavy atom. The molecule has 0 N–H and O–H groups in total. The largest absolute Gasteiger partial charge is 0.345 e. The zero-order valence-corrected chi connectivity index (χ0v) is 14.0. The summed E-state index contributed by atoms with van der Waals surface area (Å²) in [6.45, 7) is 4.08. The monoisotopic (exact) mass is 311 g/mol. The molecule has 1 aromatic heterocycles. The molecule has 0 radical (unpaired) electrons. The van der Waals surface area contributed by atoms with Gasteiger partial charge in [-0.1, -0.05) is 18.6 Å². The highest BCUT2D eigenvalue weighted by molar-refractivity contribution is 5.82. The van der Waals surface area contributed by atoms with Gasteiger partial charge < -0.3 is 4.90 Å². The summed E-state index contributed by atoms with van der Waals surface area (Å²) < 4.78 is 0. The normalized spacial score (nSPS) is 34.2. The topological polar surface area (TPSA) is 36.4 Å². The third kappa shape index (κ3) is 2.49. The van der Waals surface area contributed by atoms with Crippen LogP contribution in [0.5, 0.6) is 0 Å². The van der Waals surface area contributed by atoms with Gasteiger partial charge in [0.05, 0.1) is 11.6 Å². The predicted molar refractivity (Wildman–Crippen MR) is 90.8 cm³/mol. The minimum absolute atomic E-state index is 0.209. The molecule has 23 heavy (non-hydrogen) atoms. The lowest BCUT2D eigenvalue weighted by Crippen LogP contribution is -2.44. The van der Waals surface area contributed by atoms with E-state index in [-0.39, 0.29) is 5.92 Å². The fourth-order valence-corrected chi connectivity index (χ4v) is 4.74. The summed E-state index contributed by atoms with van der Waals surface area (Å²) in [4.78, 5) is 21.6. The van der Waals surface area contributed by atoms with E-state index in [1.54, 1.807) is 0 Å². The lowest BCUT2D eigenvalue weighted by atomic mass is 9.87. The van der Waals surface area contributed by atoms with Crippen LogP contribution in [0, 0.1) is 18.8 Å². The first-order valence-electron chi connectivity index (χ1n) is 8.77. The summed E-state index contributed by atoms with van der Waals surface area (Å²) in [7, 11) is 1.95. The van der Waals surface area contributed by atoms with Crippen LogP contribution in [0.4, 0.5) is 0 Å². The molecule has 0 bridgehead atoms. The van der Waals surface area contributed by atoms with Gasteiger partial charge in [0, 0.05) is 37.8 Å². The molecule has 1 amide bonds. The Bertz CT molecular complexity index is 624. The van der Waals surface area contributed by atoms with Crippen molar-refractivity contribution in [2.75, 3.05) is 20.1 Å². The second kappa shape index (κ2) is 5.75. The molecule has 3 fully saturated rings. The second-order valence-electron chi connectivity index (χ2n) is 7.32. The number of carbonyl (C=O) groups excluding carboxylic acids is 1. The van der Waals surface area contributed by atoms with Crippen molar-refractivity contribution in [1.82, 2.24) is 14.8 Å². The zero-order valence-electron chi connectivity index (χ0n) is 14.0. The van der Waals surface area contributed by atoms with Crippen molar-refractivity contribution < 1.29 is 4.79 Å². The number of piperidine rings is 1. The Morgan fingerprint density at radius 2 is 2.17 bits per heavy atom. The van der Waals surface area contributed by atoms with Crippen LogP contribution in [0.2, 0.25) is 0 Å². The van der Waals surface area contributed by atoms with Crippen LogP contribution in [0.25, 0.3) is 6.08 Å². The molecule has 4 unspecified atom stereocenters. The van der Waals surface area contributed by atoms with Gasteiger partial charge in [0.25, 0.3) is 0 Å². The Hall–Kier alpha value is -1.68. The van der Waals surface area contributed by atoms with Crippen molar-refractivity contribution in [3.05, 3.63) is 35.7 Å². The molecule has 3 aliphatic heterocycles. The standard InChI is InChI=1S/C19H25N3O/c1-13-6-7-14(20-11-13)8-9-16-15-12-21(2)19(23)18(15)17-5-3-4-10-22(16)17/h6-9,11,15-18H,3-5,10,12H2,1-2H3. The van der Waals surface area contributed by atoms with Crippen molar-refractivity contribution in [2.45, 2.75) is 38.3 Å². The van der Waals surface area contributed by atoms with Gasteiger partial charge >= 0.3 is 0 Å². The van der Waals surface area contributed by atoms with E-state index >= 15 is 0 Å². The molecule has 4 heterocycles. The quantitative estimate of drug-likeness (QED) is 0.841. The first kappa shape index (κ1) is 14.9.